The van der Waals surface area contributed by atoms with Gasteiger partial charge in [-0.05, 0) is 49.6 Å². The van der Waals surface area contributed by atoms with Crippen LogP contribution < -0.4 is 0 Å². The van der Waals surface area contributed by atoms with Gasteiger partial charge in [-0.2, -0.15) is 0 Å². The Hall–Kier alpha value is -1.87. The zero-order valence-corrected chi connectivity index (χ0v) is 12.6. The monoisotopic (exact) mass is 285 g/mol. The Balaban J connectivity index is 2.37. The molecule has 2 heterocycles. The van der Waals surface area contributed by atoms with Crippen molar-refractivity contribution in [2.75, 3.05) is 0 Å². The predicted octanol–water partition coefficient (Wildman–Crippen LogP) is 4.08. The van der Waals surface area contributed by atoms with Crippen molar-refractivity contribution in [3.63, 3.8) is 0 Å². The van der Waals surface area contributed by atoms with Gasteiger partial charge in [0.1, 0.15) is 11.3 Å². The summed E-state index contributed by atoms with van der Waals surface area (Å²) in [5.74, 6) is 1.19. The van der Waals surface area contributed by atoms with Crippen molar-refractivity contribution in [1.29, 1.82) is 0 Å². The summed E-state index contributed by atoms with van der Waals surface area (Å²) in [7, 11) is 0. The first-order valence-electron chi connectivity index (χ1n) is 6.58. The Bertz CT molecular complexity index is 790. The van der Waals surface area contributed by atoms with Crippen molar-refractivity contribution in [1.82, 2.24) is 14.5 Å². The first kappa shape index (κ1) is 13.1. The van der Waals surface area contributed by atoms with Gasteiger partial charge in [0.2, 0.25) is 0 Å². The molecule has 0 unspecified atom stereocenters. The summed E-state index contributed by atoms with van der Waals surface area (Å²) >= 11 is 6.07. The molecule has 3 rings (SSSR count). The maximum absolute atomic E-state index is 6.07. The molecule has 0 bridgehead atoms. The van der Waals surface area contributed by atoms with Gasteiger partial charge < -0.3 is 0 Å². The molecule has 20 heavy (non-hydrogen) atoms. The highest BCUT2D eigenvalue weighted by Gasteiger charge is 2.15. The molecule has 3 aromatic rings. The van der Waals surface area contributed by atoms with Gasteiger partial charge in [-0.1, -0.05) is 12.1 Å². The number of halogens is 1. The standard InChI is InChI=1S/C16H16ClN3/c1-10-7-13-16(18-9-10)20(15(8-17)19-13)14-6-4-5-11(2)12(14)3/h4-7,9H,8H2,1-3H3. The van der Waals surface area contributed by atoms with E-state index < -0.39 is 0 Å². The Morgan fingerprint density at radius 2 is 2.00 bits per heavy atom. The summed E-state index contributed by atoms with van der Waals surface area (Å²) in [6, 6.07) is 8.28. The van der Waals surface area contributed by atoms with Gasteiger partial charge in [0.25, 0.3) is 0 Å². The molecular weight excluding hydrogens is 270 g/mol. The summed E-state index contributed by atoms with van der Waals surface area (Å²) in [6.45, 7) is 6.24. The first-order valence-corrected chi connectivity index (χ1v) is 7.12. The van der Waals surface area contributed by atoms with Crippen LogP contribution in [0.15, 0.2) is 30.5 Å². The predicted molar refractivity (Wildman–Crippen MR) is 82.6 cm³/mol. The van der Waals surface area contributed by atoms with Crippen LogP contribution in [0.4, 0.5) is 0 Å². The lowest BCUT2D eigenvalue weighted by atomic mass is 10.1. The third-order valence-electron chi connectivity index (χ3n) is 3.64. The van der Waals surface area contributed by atoms with Crippen molar-refractivity contribution < 1.29 is 0 Å². The van der Waals surface area contributed by atoms with Crippen molar-refractivity contribution in [3.8, 4) is 5.69 Å². The van der Waals surface area contributed by atoms with Crippen molar-refractivity contribution in [2.24, 2.45) is 0 Å². The Kier molecular flexibility index (Phi) is 3.22. The largest absolute Gasteiger partial charge is 0.279 e. The number of nitrogens with zero attached hydrogens (tertiary/aromatic N) is 3. The SMILES string of the molecule is Cc1cnc2c(c1)nc(CCl)n2-c1cccc(C)c1C. The highest BCUT2D eigenvalue weighted by atomic mass is 35.5. The fraction of sp³-hybridized carbons (Fsp3) is 0.250. The van der Waals surface area contributed by atoms with E-state index in [1.165, 1.54) is 11.1 Å². The van der Waals surface area contributed by atoms with Crippen molar-refractivity contribution in [3.05, 3.63) is 53.0 Å². The second kappa shape index (κ2) is 4.91. The molecule has 0 fully saturated rings. The molecular formula is C16H16ClN3. The molecule has 0 aliphatic rings. The second-order valence-corrected chi connectivity index (χ2v) is 5.34. The molecule has 0 atom stereocenters. The molecule has 2 aromatic heterocycles. The van der Waals surface area contributed by atoms with E-state index in [1.807, 2.05) is 19.2 Å². The number of aromatic nitrogens is 3. The van der Waals surface area contributed by atoms with E-state index in [2.05, 4.69) is 46.6 Å². The van der Waals surface area contributed by atoms with E-state index >= 15 is 0 Å². The van der Waals surface area contributed by atoms with E-state index in [9.17, 15) is 0 Å². The van der Waals surface area contributed by atoms with Crippen molar-refractivity contribution in [2.45, 2.75) is 26.7 Å². The Morgan fingerprint density at radius 1 is 1.20 bits per heavy atom. The minimum atomic E-state index is 0.364. The molecule has 0 saturated carbocycles. The number of aryl methyl sites for hydroxylation is 2. The van der Waals surface area contributed by atoms with Gasteiger partial charge in [0, 0.05) is 6.20 Å². The van der Waals surface area contributed by atoms with Crippen LogP contribution in [0.5, 0.6) is 0 Å². The van der Waals surface area contributed by atoms with E-state index in [4.69, 9.17) is 11.6 Å². The maximum atomic E-state index is 6.07. The fourth-order valence-corrected chi connectivity index (χ4v) is 2.61. The van der Waals surface area contributed by atoms with Crippen LogP contribution in [0, 0.1) is 20.8 Å². The number of rotatable bonds is 2. The molecule has 0 spiro atoms. The average Bonchev–Trinajstić information content (AvgIpc) is 2.79. The number of hydrogen-bond donors (Lipinski definition) is 0. The number of imidazole rings is 1. The van der Waals surface area contributed by atoms with Gasteiger partial charge in [-0.25, -0.2) is 9.97 Å². The number of fused-ring (bicyclic) bond motifs is 1. The Morgan fingerprint density at radius 3 is 2.75 bits per heavy atom. The number of hydrogen-bond acceptors (Lipinski definition) is 2. The van der Waals surface area contributed by atoms with Gasteiger partial charge in [-0.3, -0.25) is 4.57 Å². The lowest BCUT2D eigenvalue weighted by Crippen LogP contribution is -2.03. The van der Waals surface area contributed by atoms with Crippen molar-refractivity contribution >= 4 is 22.8 Å². The first-order chi connectivity index (χ1) is 9.61. The molecule has 0 saturated heterocycles. The van der Waals surface area contributed by atoms with Crippen LogP contribution in [0.25, 0.3) is 16.9 Å². The topological polar surface area (TPSA) is 30.7 Å². The van der Waals surface area contributed by atoms with E-state index in [0.29, 0.717) is 5.88 Å². The van der Waals surface area contributed by atoms with Crippen LogP contribution in [0.2, 0.25) is 0 Å². The summed E-state index contributed by atoms with van der Waals surface area (Å²) in [5.41, 5.74) is 6.42. The summed E-state index contributed by atoms with van der Waals surface area (Å²) in [5, 5.41) is 0. The molecule has 1 aromatic carbocycles. The molecule has 0 aliphatic heterocycles. The minimum Gasteiger partial charge on any atom is -0.279 e. The molecule has 0 amide bonds. The van der Waals surface area contributed by atoms with Crippen LogP contribution in [-0.4, -0.2) is 14.5 Å². The fourth-order valence-electron chi connectivity index (χ4n) is 2.43. The van der Waals surface area contributed by atoms with Crippen LogP contribution in [0.1, 0.15) is 22.5 Å². The van der Waals surface area contributed by atoms with Gasteiger partial charge in [0.05, 0.1) is 11.6 Å². The zero-order valence-electron chi connectivity index (χ0n) is 11.8. The zero-order chi connectivity index (χ0) is 14.3. The molecule has 4 heteroatoms. The van der Waals surface area contributed by atoms with E-state index in [-0.39, 0.29) is 0 Å². The minimum absolute atomic E-state index is 0.364. The highest BCUT2D eigenvalue weighted by molar-refractivity contribution is 6.16. The lowest BCUT2D eigenvalue weighted by Gasteiger charge is -2.12. The Labute approximate surface area is 123 Å². The molecule has 3 nitrogen and oxygen atoms in total. The van der Waals surface area contributed by atoms with Crippen LogP contribution in [-0.2, 0) is 5.88 Å². The van der Waals surface area contributed by atoms with Gasteiger partial charge in [-0.15, -0.1) is 11.6 Å². The molecule has 102 valence electrons. The number of benzene rings is 1. The van der Waals surface area contributed by atoms with Gasteiger partial charge >= 0.3 is 0 Å². The number of alkyl halides is 1. The molecule has 0 N–H and O–H groups in total. The highest BCUT2D eigenvalue weighted by Crippen LogP contribution is 2.25. The summed E-state index contributed by atoms with van der Waals surface area (Å²) in [6.07, 6.45) is 1.86. The third kappa shape index (κ3) is 1.98. The van der Waals surface area contributed by atoms with E-state index in [1.54, 1.807) is 0 Å². The van der Waals surface area contributed by atoms with Crippen LogP contribution in [0.3, 0.4) is 0 Å². The lowest BCUT2D eigenvalue weighted by molar-refractivity contribution is 0.957. The maximum Gasteiger partial charge on any atom is 0.164 e. The summed E-state index contributed by atoms with van der Waals surface area (Å²) in [4.78, 5) is 9.15. The average molecular weight is 286 g/mol. The number of pyridine rings is 1. The molecule has 0 aliphatic carbocycles. The van der Waals surface area contributed by atoms with Crippen LogP contribution >= 0.6 is 11.6 Å². The quantitative estimate of drug-likeness (QED) is 0.664. The molecule has 0 radical (unpaired) electrons. The van der Waals surface area contributed by atoms with E-state index in [0.717, 1.165) is 28.2 Å². The second-order valence-electron chi connectivity index (χ2n) is 5.07. The smallest absolute Gasteiger partial charge is 0.164 e. The normalized spacial score (nSPS) is 11.2. The summed E-state index contributed by atoms with van der Waals surface area (Å²) < 4.78 is 2.06. The third-order valence-corrected chi connectivity index (χ3v) is 3.88. The van der Waals surface area contributed by atoms with Gasteiger partial charge in [0.15, 0.2) is 5.65 Å².